The molecule has 160 valence electrons. The molecule has 1 aliphatic heterocycles. The molecule has 0 bridgehead atoms. The molecule has 0 fully saturated rings. The van der Waals surface area contributed by atoms with E-state index in [2.05, 4.69) is 19.8 Å². The van der Waals surface area contributed by atoms with Crippen molar-refractivity contribution >= 4 is 35.1 Å². The molecule has 2 aromatic heterocycles. The molecule has 30 heavy (non-hydrogen) atoms. The highest BCUT2D eigenvalue weighted by atomic mass is 35.5. The second-order valence-electron chi connectivity index (χ2n) is 6.25. The number of fused-ring (bicyclic) bond motifs is 1. The number of rotatable bonds is 6. The largest absolute Gasteiger partial charge is 0.524 e. The van der Waals surface area contributed by atoms with E-state index in [1.54, 1.807) is 10.6 Å². The molecule has 0 aliphatic carbocycles. The summed E-state index contributed by atoms with van der Waals surface area (Å²) in [7, 11) is 0. The number of nitrogens with zero attached hydrogens (tertiary/aromatic N) is 3. The highest BCUT2D eigenvalue weighted by Gasteiger charge is 2.33. The first kappa shape index (κ1) is 22.4. The van der Waals surface area contributed by atoms with Crippen molar-refractivity contribution in [2.75, 3.05) is 5.32 Å². The zero-order chi connectivity index (χ0) is 22.1. The summed E-state index contributed by atoms with van der Waals surface area (Å²) < 4.78 is 58.5. The van der Waals surface area contributed by atoms with Gasteiger partial charge in [0.2, 0.25) is 5.95 Å². The van der Waals surface area contributed by atoms with Crippen LogP contribution in [0, 0.1) is 17.3 Å². The van der Waals surface area contributed by atoms with Gasteiger partial charge in [-0.05, 0) is 37.8 Å². The molecule has 2 aromatic rings. The van der Waals surface area contributed by atoms with Gasteiger partial charge in [0.05, 0.1) is 9.92 Å². The lowest BCUT2D eigenvalue weighted by Gasteiger charge is -2.16. The molecule has 1 unspecified atom stereocenters. The van der Waals surface area contributed by atoms with Gasteiger partial charge in [0.15, 0.2) is 0 Å². The maximum atomic E-state index is 13.5. The van der Waals surface area contributed by atoms with E-state index in [1.165, 1.54) is 13.0 Å². The normalized spacial score (nSPS) is 14.3. The Kier molecular flexibility index (Phi) is 6.56. The highest BCUT2D eigenvalue weighted by Crippen LogP contribution is 2.39. The third-order valence-corrected chi connectivity index (χ3v) is 5.65. The van der Waals surface area contributed by atoms with Crippen molar-refractivity contribution in [2.24, 2.45) is 0 Å². The molecule has 1 amide bonds. The van der Waals surface area contributed by atoms with Gasteiger partial charge in [0.25, 0.3) is 5.91 Å². The number of carbonyl (C=O) groups is 1. The van der Waals surface area contributed by atoms with Crippen LogP contribution in [0.1, 0.15) is 35.2 Å². The van der Waals surface area contributed by atoms with Crippen molar-refractivity contribution in [1.82, 2.24) is 14.3 Å². The first-order chi connectivity index (χ1) is 14.1. The predicted molar refractivity (Wildman–Crippen MR) is 100 cm³/mol. The molecule has 1 atom stereocenters. The fourth-order valence-electron chi connectivity index (χ4n) is 3.02. The molecule has 0 radical (unpaired) electrons. The molecule has 7 nitrogen and oxygen atoms in total. The minimum atomic E-state index is -4.80. The van der Waals surface area contributed by atoms with Gasteiger partial charge in [-0.3, -0.25) is 9.53 Å². The molecule has 1 aliphatic rings. The Bertz CT molecular complexity index is 1020. The quantitative estimate of drug-likeness (QED) is 0.288. The average molecular weight is 464 g/mol. The van der Waals surface area contributed by atoms with Crippen molar-refractivity contribution in [3.63, 3.8) is 0 Å². The topological polar surface area (TPSA) is 92.0 Å². The molecular formula is C17H14ClF4N5O2S. The minimum Gasteiger partial charge on any atom is -0.338 e. The van der Waals surface area contributed by atoms with Crippen molar-refractivity contribution in [3.8, 4) is 6.07 Å². The van der Waals surface area contributed by atoms with Gasteiger partial charge in [-0.15, -0.1) is 13.2 Å². The van der Waals surface area contributed by atoms with Gasteiger partial charge in [-0.25, -0.2) is 9.71 Å². The van der Waals surface area contributed by atoms with E-state index in [4.69, 9.17) is 16.9 Å². The van der Waals surface area contributed by atoms with Gasteiger partial charge >= 0.3 is 6.36 Å². The summed E-state index contributed by atoms with van der Waals surface area (Å²) in [4.78, 5) is 16.6. The van der Waals surface area contributed by atoms with Crippen LogP contribution < -0.4 is 10.0 Å². The number of aromatic nitrogens is 2. The van der Waals surface area contributed by atoms with Gasteiger partial charge in [0.1, 0.15) is 23.7 Å². The number of pyridine rings is 1. The van der Waals surface area contributed by atoms with Crippen LogP contribution in [-0.2, 0) is 17.7 Å². The Balaban J connectivity index is 1.83. The Morgan fingerprint density at radius 2 is 2.20 bits per heavy atom. The Labute approximate surface area is 177 Å². The van der Waals surface area contributed by atoms with Gasteiger partial charge in [0, 0.05) is 24.0 Å². The smallest absolute Gasteiger partial charge is 0.338 e. The highest BCUT2D eigenvalue weighted by molar-refractivity contribution is 7.97. The molecule has 2 N–H and O–H groups in total. The van der Waals surface area contributed by atoms with E-state index in [1.807, 2.05) is 0 Å². The second-order valence-corrected chi connectivity index (χ2v) is 7.48. The number of hydrogen-bond acceptors (Lipinski definition) is 6. The first-order valence-corrected chi connectivity index (χ1v) is 9.75. The number of ether oxygens (including phenoxy) is 1. The second kappa shape index (κ2) is 8.81. The molecule has 0 aromatic carbocycles. The van der Waals surface area contributed by atoms with Gasteiger partial charge in [-0.2, -0.15) is 9.65 Å². The summed E-state index contributed by atoms with van der Waals surface area (Å²) in [5, 5.41) is 11.4. The lowest BCUT2D eigenvalue weighted by molar-refractivity contribution is -0.341. The molecule has 3 rings (SSSR count). The number of nitrogens with one attached hydrogen (secondary N) is 2. The summed E-state index contributed by atoms with van der Waals surface area (Å²) in [6, 6.07) is 3.84. The summed E-state index contributed by atoms with van der Waals surface area (Å²) in [6.45, 7) is 1.67. The lowest BCUT2D eigenvalue weighted by Crippen LogP contribution is -2.30. The van der Waals surface area contributed by atoms with Crippen LogP contribution in [-0.4, -0.2) is 28.0 Å². The van der Waals surface area contributed by atoms with Crippen LogP contribution in [0.4, 0.5) is 23.2 Å². The third kappa shape index (κ3) is 5.04. The third-order valence-electron chi connectivity index (χ3n) is 4.08. The Morgan fingerprint density at radius 1 is 1.47 bits per heavy atom. The minimum absolute atomic E-state index is 0.0215. The molecule has 0 spiro atoms. The number of halogens is 5. The number of nitriles is 1. The van der Waals surface area contributed by atoms with E-state index < -0.39 is 24.4 Å². The maximum Gasteiger partial charge on any atom is 0.524 e. The first-order valence-electron chi connectivity index (χ1n) is 8.56. The lowest BCUT2D eigenvalue weighted by atomic mass is 10.2. The molecule has 3 heterocycles. The SMILES string of the molecule is CC(NSc1c(Cl)c(C(=O)Nc2cc(F)nc(C#N)c2)n2c1CCC2)OC(F)(F)F. The van der Waals surface area contributed by atoms with Gasteiger partial charge < -0.3 is 9.88 Å². The van der Waals surface area contributed by atoms with Crippen molar-refractivity contribution < 1.29 is 27.1 Å². The predicted octanol–water partition coefficient (Wildman–Crippen LogP) is 4.22. The number of hydrogen-bond donors (Lipinski definition) is 2. The van der Waals surface area contributed by atoms with E-state index in [0.29, 0.717) is 23.6 Å². The number of amides is 1. The zero-order valence-corrected chi connectivity index (χ0v) is 16.9. The van der Waals surface area contributed by atoms with Crippen molar-refractivity contribution in [1.29, 1.82) is 5.26 Å². The fourth-order valence-corrected chi connectivity index (χ4v) is 4.28. The maximum absolute atomic E-state index is 13.5. The fraction of sp³-hybridized carbons (Fsp3) is 0.353. The standard InChI is InChI=1S/C17H14ClF4N5O2S/c1-8(29-17(20,21)22)26-30-15-11-3-2-4-27(11)14(13(15)18)16(28)25-9-5-10(7-23)24-12(19)6-9/h5-6,8,26H,2-4H2,1H3,(H,24,25,28). The number of carbonyl (C=O) groups excluding carboxylic acids is 1. The Hall–Kier alpha value is -2.33. The zero-order valence-electron chi connectivity index (χ0n) is 15.3. The molecule has 13 heteroatoms. The van der Waals surface area contributed by atoms with Crippen LogP contribution in [0.3, 0.4) is 0 Å². The molecule has 0 saturated heterocycles. The van der Waals surface area contributed by atoms with Crippen LogP contribution >= 0.6 is 23.5 Å². The van der Waals surface area contributed by atoms with Crippen LogP contribution in [0.5, 0.6) is 0 Å². The van der Waals surface area contributed by atoms with Crippen molar-refractivity contribution in [2.45, 2.75) is 43.8 Å². The average Bonchev–Trinajstić information content (AvgIpc) is 3.18. The van der Waals surface area contributed by atoms with E-state index >= 15 is 0 Å². The summed E-state index contributed by atoms with van der Waals surface area (Å²) >= 11 is 7.20. The summed E-state index contributed by atoms with van der Waals surface area (Å²) in [6.07, 6.45) is -4.86. The molecular weight excluding hydrogens is 450 g/mol. The van der Waals surface area contributed by atoms with Gasteiger partial charge in [-0.1, -0.05) is 11.6 Å². The van der Waals surface area contributed by atoms with Crippen molar-refractivity contribution in [3.05, 3.63) is 40.2 Å². The number of anilines is 1. The Morgan fingerprint density at radius 3 is 2.87 bits per heavy atom. The number of alkyl halides is 3. The van der Waals surface area contributed by atoms with E-state index in [9.17, 15) is 22.4 Å². The summed E-state index contributed by atoms with van der Waals surface area (Å²) in [5.74, 6) is -1.58. The molecule has 0 saturated carbocycles. The van der Waals surface area contributed by atoms with E-state index in [0.717, 1.165) is 24.4 Å². The summed E-state index contributed by atoms with van der Waals surface area (Å²) in [5.41, 5.74) is 0.596. The van der Waals surface area contributed by atoms with Crippen LogP contribution in [0.2, 0.25) is 5.02 Å². The monoisotopic (exact) mass is 463 g/mol. The van der Waals surface area contributed by atoms with Crippen LogP contribution in [0.25, 0.3) is 0 Å². The van der Waals surface area contributed by atoms with Crippen LogP contribution in [0.15, 0.2) is 17.0 Å². The van der Waals surface area contributed by atoms with E-state index in [-0.39, 0.29) is 22.1 Å².